The molecule has 0 bridgehead atoms. The smallest absolute Gasteiger partial charge is 0.319 e. The molecule has 1 aliphatic rings. The lowest BCUT2D eigenvalue weighted by Gasteiger charge is -2.01. The van der Waals surface area contributed by atoms with Gasteiger partial charge in [0.15, 0.2) is 0 Å². The Balaban J connectivity index is 2.01. The maximum atomic E-state index is 10.8. The zero-order valence-corrected chi connectivity index (χ0v) is 8.04. The summed E-state index contributed by atoms with van der Waals surface area (Å²) in [6, 6.07) is 0.943. The van der Waals surface area contributed by atoms with Crippen LogP contribution < -0.4 is 0 Å². The van der Waals surface area contributed by atoms with Gasteiger partial charge in [0.1, 0.15) is 0 Å². The second-order valence-electron chi connectivity index (χ2n) is 2.66. The number of rotatable bonds is 4. The molecule has 0 aromatic carbocycles. The first kappa shape index (κ1) is 8.48. The summed E-state index contributed by atoms with van der Waals surface area (Å²) in [7, 11) is -0.699. The molecule has 1 unspecified atom stereocenters. The second kappa shape index (κ2) is 3.68. The molecule has 0 amide bonds. The molecule has 1 saturated heterocycles. The van der Waals surface area contributed by atoms with E-state index < -0.39 is 9.76 Å². The van der Waals surface area contributed by atoms with E-state index in [0.717, 1.165) is 12.7 Å². The third kappa shape index (κ3) is 3.34. The van der Waals surface area contributed by atoms with Crippen molar-refractivity contribution in [1.82, 2.24) is 0 Å². The molecule has 0 radical (unpaired) electrons. The number of epoxide rings is 1. The zero-order chi connectivity index (χ0) is 8.27. The van der Waals surface area contributed by atoms with Gasteiger partial charge in [-0.1, -0.05) is 6.58 Å². The molecule has 1 atom stereocenters. The minimum Gasteiger partial charge on any atom is -0.522 e. The van der Waals surface area contributed by atoms with Crippen LogP contribution in [-0.2, 0) is 14.0 Å². The summed E-state index contributed by atoms with van der Waals surface area (Å²) < 4.78 is 9.95. The van der Waals surface area contributed by atoms with Crippen molar-refractivity contribution in [1.29, 1.82) is 0 Å². The molecule has 1 rings (SSSR count). The number of hydrogen-bond acceptors (Lipinski definition) is 3. The maximum Gasteiger partial charge on any atom is 0.319 e. The molecule has 0 spiro atoms. The van der Waals surface area contributed by atoms with Gasteiger partial charge in [0.25, 0.3) is 0 Å². The number of carbonyl (C=O) groups is 1. The fraction of sp³-hybridized carbons (Fsp3) is 0.571. The van der Waals surface area contributed by atoms with Crippen LogP contribution in [0.25, 0.3) is 0 Å². The molecule has 3 nitrogen and oxygen atoms in total. The third-order valence-corrected chi connectivity index (χ3v) is 2.77. The van der Waals surface area contributed by atoms with E-state index in [4.69, 9.17) is 9.16 Å². The lowest BCUT2D eigenvalue weighted by atomic mass is 10.4. The van der Waals surface area contributed by atoms with Crippen LogP contribution in [-0.4, -0.2) is 28.4 Å². The van der Waals surface area contributed by atoms with Gasteiger partial charge in [0.2, 0.25) is 9.76 Å². The lowest BCUT2D eigenvalue weighted by Crippen LogP contribution is -2.10. The van der Waals surface area contributed by atoms with Crippen molar-refractivity contribution in [3.05, 3.63) is 12.2 Å². The molecule has 0 aliphatic carbocycles. The molecular formula is C7H12O3Si. The minimum atomic E-state index is -0.699. The van der Waals surface area contributed by atoms with Crippen molar-refractivity contribution in [3.63, 3.8) is 0 Å². The van der Waals surface area contributed by atoms with Crippen molar-refractivity contribution >= 4 is 15.7 Å². The van der Waals surface area contributed by atoms with Crippen molar-refractivity contribution in [2.45, 2.75) is 19.1 Å². The summed E-state index contributed by atoms with van der Waals surface area (Å²) in [5.41, 5.74) is 0.481. The topological polar surface area (TPSA) is 38.8 Å². The number of ether oxygens (including phenoxy) is 1. The Morgan fingerprint density at radius 1 is 1.91 bits per heavy atom. The van der Waals surface area contributed by atoms with Gasteiger partial charge in [-0.05, 0) is 6.92 Å². The summed E-state index contributed by atoms with van der Waals surface area (Å²) in [6.07, 6.45) is 0.389. The van der Waals surface area contributed by atoms with E-state index in [9.17, 15) is 4.79 Å². The van der Waals surface area contributed by atoms with Crippen molar-refractivity contribution < 1.29 is 14.0 Å². The van der Waals surface area contributed by atoms with Crippen LogP contribution in [0.4, 0.5) is 0 Å². The van der Waals surface area contributed by atoms with E-state index in [1.54, 1.807) is 6.92 Å². The summed E-state index contributed by atoms with van der Waals surface area (Å²) in [4.78, 5) is 10.8. The molecule has 1 heterocycles. The Kier molecular flexibility index (Phi) is 2.84. The highest BCUT2D eigenvalue weighted by Crippen LogP contribution is 2.13. The minimum absolute atomic E-state index is 0.252. The SMILES string of the molecule is C=C(C)C(=O)O[SiH2]CC1CO1. The Bertz CT molecular complexity index is 175. The molecular weight excluding hydrogens is 160 g/mol. The van der Waals surface area contributed by atoms with Crippen LogP contribution in [0, 0.1) is 0 Å². The van der Waals surface area contributed by atoms with Gasteiger partial charge in [-0.3, -0.25) is 0 Å². The predicted octanol–water partition coefficient (Wildman–Crippen LogP) is 0.00660. The first-order valence-electron chi connectivity index (χ1n) is 3.64. The normalized spacial score (nSPS) is 22.1. The first-order valence-corrected chi connectivity index (χ1v) is 5.22. The Hall–Kier alpha value is -0.613. The van der Waals surface area contributed by atoms with E-state index in [2.05, 4.69) is 6.58 Å². The maximum absolute atomic E-state index is 10.8. The van der Waals surface area contributed by atoms with Crippen molar-refractivity contribution in [3.8, 4) is 0 Å². The highest BCUT2D eigenvalue weighted by molar-refractivity contribution is 6.31. The van der Waals surface area contributed by atoms with Crippen LogP contribution in [0.3, 0.4) is 0 Å². The fourth-order valence-corrected chi connectivity index (χ4v) is 1.79. The highest BCUT2D eigenvalue weighted by Gasteiger charge is 2.22. The molecule has 0 saturated carbocycles. The van der Waals surface area contributed by atoms with Gasteiger partial charge >= 0.3 is 5.97 Å². The van der Waals surface area contributed by atoms with Gasteiger partial charge in [-0.15, -0.1) is 0 Å². The van der Waals surface area contributed by atoms with E-state index in [1.165, 1.54) is 0 Å². The van der Waals surface area contributed by atoms with Gasteiger partial charge < -0.3 is 9.16 Å². The number of hydrogen-bond donors (Lipinski definition) is 0. The highest BCUT2D eigenvalue weighted by atomic mass is 28.2. The standard InChI is InChI=1S/C7H12O3Si/c1-5(2)7(8)10-11-4-6-3-9-6/h6H,1,3-4,11H2,2H3. The summed E-state index contributed by atoms with van der Waals surface area (Å²) >= 11 is 0. The van der Waals surface area contributed by atoms with E-state index in [1.807, 2.05) is 0 Å². The van der Waals surface area contributed by atoms with E-state index in [-0.39, 0.29) is 5.97 Å². The molecule has 1 fully saturated rings. The van der Waals surface area contributed by atoms with Crippen LogP contribution in [0.15, 0.2) is 12.2 Å². The van der Waals surface area contributed by atoms with Crippen LogP contribution in [0.1, 0.15) is 6.92 Å². The summed E-state index contributed by atoms with van der Waals surface area (Å²) in [6.45, 7) is 5.99. The van der Waals surface area contributed by atoms with Crippen molar-refractivity contribution in [2.24, 2.45) is 0 Å². The average molecular weight is 172 g/mol. The Morgan fingerprint density at radius 3 is 3.00 bits per heavy atom. The van der Waals surface area contributed by atoms with Crippen LogP contribution in [0.5, 0.6) is 0 Å². The molecule has 4 heteroatoms. The Morgan fingerprint density at radius 2 is 2.55 bits per heavy atom. The monoisotopic (exact) mass is 172 g/mol. The molecule has 62 valence electrons. The average Bonchev–Trinajstić information content (AvgIpc) is 2.71. The lowest BCUT2D eigenvalue weighted by molar-refractivity contribution is -0.130. The van der Waals surface area contributed by atoms with Gasteiger partial charge in [-0.2, -0.15) is 0 Å². The summed E-state index contributed by atoms with van der Waals surface area (Å²) in [5.74, 6) is -0.252. The molecule has 0 aromatic rings. The van der Waals surface area contributed by atoms with Crippen LogP contribution >= 0.6 is 0 Å². The first-order chi connectivity index (χ1) is 5.20. The largest absolute Gasteiger partial charge is 0.522 e. The van der Waals surface area contributed by atoms with E-state index >= 15 is 0 Å². The fourth-order valence-electron chi connectivity index (χ4n) is 0.641. The molecule has 0 aromatic heterocycles. The Labute approximate surface area is 68.3 Å². The molecule has 1 aliphatic heterocycles. The van der Waals surface area contributed by atoms with Gasteiger partial charge in [0.05, 0.1) is 12.7 Å². The second-order valence-corrected chi connectivity index (χ2v) is 3.93. The van der Waals surface area contributed by atoms with E-state index in [0.29, 0.717) is 11.7 Å². The molecule has 0 N–H and O–H groups in total. The predicted molar refractivity (Wildman–Crippen MR) is 44.0 cm³/mol. The van der Waals surface area contributed by atoms with Crippen LogP contribution in [0.2, 0.25) is 6.04 Å². The third-order valence-electron chi connectivity index (χ3n) is 1.42. The number of carbonyl (C=O) groups excluding carboxylic acids is 1. The molecule has 11 heavy (non-hydrogen) atoms. The van der Waals surface area contributed by atoms with Crippen molar-refractivity contribution in [2.75, 3.05) is 6.61 Å². The quantitative estimate of drug-likeness (QED) is 0.340. The summed E-state index contributed by atoms with van der Waals surface area (Å²) in [5, 5.41) is 0. The van der Waals surface area contributed by atoms with Gasteiger partial charge in [0, 0.05) is 11.6 Å². The zero-order valence-electron chi connectivity index (χ0n) is 6.63. The van der Waals surface area contributed by atoms with Gasteiger partial charge in [-0.25, -0.2) is 4.79 Å².